The highest BCUT2D eigenvalue weighted by Crippen LogP contribution is 2.06. The highest BCUT2D eigenvalue weighted by atomic mass is 16.3. The Morgan fingerprint density at radius 3 is 3.00 bits per heavy atom. The maximum atomic E-state index is 9.14. The van der Waals surface area contributed by atoms with E-state index in [1.165, 1.54) is 0 Å². The fourth-order valence-corrected chi connectivity index (χ4v) is 1.15. The Hall–Kier alpha value is -0.120. The molecular weight excluding hydrogens is 116 g/mol. The first-order valence-corrected chi connectivity index (χ1v) is 3.47. The van der Waals surface area contributed by atoms with Gasteiger partial charge in [-0.25, -0.2) is 5.01 Å². The second-order valence-electron chi connectivity index (χ2n) is 2.64. The largest absolute Gasteiger partial charge is 0.392 e. The number of aliphatic hydroxyl groups is 1. The average Bonchev–Trinajstić information content (AvgIpc) is 1.93. The van der Waals surface area contributed by atoms with E-state index in [2.05, 4.69) is 0 Å². The Labute approximate surface area is 55.4 Å². The molecule has 3 N–H and O–H groups in total. The molecule has 1 aliphatic rings. The Kier molecular flexibility index (Phi) is 2.45. The molecule has 0 aromatic rings. The van der Waals surface area contributed by atoms with E-state index in [1.54, 1.807) is 5.01 Å². The normalized spacial score (nSPS) is 32.0. The van der Waals surface area contributed by atoms with Crippen molar-refractivity contribution in [3.8, 4) is 0 Å². The maximum Gasteiger partial charge on any atom is 0.0681 e. The van der Waals surface area contributed by atoms with Crippen LogP contribution in [0.3, 0.4) is 0 Å². The van der Waals surface area contributed by atoms with E-state index in [9.17, 15) is 0 Å². The number of nitrogens with zero attached hydrogens (tertiary/aromatic N) is 1. The van der Waals surface area contributed by atoms with Crippen molar-refractivity contribution in [2.45, 2.75) is 25.4 Å². The van der Waals surface area contributed by atoms with Gasteiger partial charge in [-0.15, -0.1) is 0 Å². The molecule has 1 unspecified atom stereocenters. The fourth-order valence-electron chi connectivity index (χ4n) is 1.15. The van der Waals surface area contributed by atoms with Gasteiger partial charge in [0, 0.05) is 13.1 Å². The minimum atomic E-state index is -0.197. The number of hydrogen-bond donors (Lipinski definition) is 2. The first-order chi connectivity index (χ1) is 4.29. The van der Waals surface area contributed by atoms with Crippen molar-refractivity contribution in [3.63, 3.8) is 0 Å². The summed E-state index contributed by atoms with van der Waals surface area (Å²) in [6, 6.07) is 0. The summed E-state index contributed by atoms with van der Waals surface area (Å²) >= 11 is 0. The van der Waals surface area contributed by atoms with E-state index < -0.39 is 0 Å². The summed E-state index contributed by atoms with van der Waals surface area (Å²) in [6.07, 6.45) is 2.94. The molecule has 1 saturated heterocycles. The van der Waals surface area contributed by atoms with Crippen LogP contribution in [-0.4, -0.2) is 29.3 Å². The molecule has 0 aromatic carbocycles. The van der Waals surface area contributed by atoms with E-state index in [1.807, 2.05) is 0 Å². The lowest BCUT2D eigenvalue weighted by atomic mass is 10.2. The van der Waals surface area contributed by atoms with Gasteiger partial charge in [0.15, 0.2) is 0 Å². The monoisotopic (exact) mass is 130 g/mol. The SMILES string of the molecule is NN1CCCCC(O)C1. The Balaban J connectivity index is 2.29. The molecule has 1 aliphatic heterocycles. The van der Waals surface area contributed by atoms with E-state index in [0.717, 1.165) is 25.8 Å². The predicted octanol–water partition coefficient (Wildman–Crippen LogP) is -0.293. The lowest BCUT2D eigenvalue weighted by Crippen LogP contribution is -2.36. The molecule has 0 aromatic heterocycles. The van der Waals surface area contributed by atoms with Crippen LogP contribution in [0.5, 0.6) is 0 Å². The van der Waals surface area contributed by atoms with E-state index >= 15 is 0 Å². The van der Waals surface area contributed by atoms with Crippen LogP contribution in [0.1, 0.15) is 19.3 Å². The van der Waals surface area contributed by atoms with Crippen LogP contribution in [0.4, 0.5) is 0 Å². The standard InChI is InChI=1S/C6H14N2O/c7-8-4-2-1-3-6(9)5-8/h6,9H,1-5,7H2. The Morgan fingerprint density at radius 2 is 2.22 bits per heavy atom. The lowest BCUT2D eigenvalue weighted by molar-refractivity contribution is 0.122. The van der Waals surface area contributed by atoms with Crippen molar-refractivity contribution in [1.29, 1.82) is 0 Å². The number of aliphatic hydroxyl groups excluding tert-OH is 1. The summed E-state index contributed by atoms with van der Waals surface area (Å²) in [7, 11) is 0. The maximum absolute atomic E-state index is 9.14. The Bertz CT molecular complexity index is 77.1. The van der Waals surface area contributed by atoms with Crippen molar-refractivity contribution in [3.05, 3.63) is 0 Å². The van der Waals surface area contributed by atoms with Crippen molar-refractivity contribution in [2.24, 2.45) is 5.84 Å². The molecule has 0 spiro atoms. The lowest BCUT2D eigenvalue weighted by Gasteiger charge is -2.14. The summed E-state index contributed by atoms with van der Waals surface area (Å²) in [5, 5.41) is 10.8. The predicted molar refractivity (Wildman–Crippen MR) is 35.6 cm³/mol. The van der Waals surface area contributed by atoms with Gasteiger partial charge in [-0.1, -0.05) is 0 Å². The summed E-state index contributed by atoms with van der Waals surface area (Å²) < 4.78 is 0. The van der Waals surface area contributed by atoms with Crippen LogP contribution in [0, 0.1) is 0 Å². The highest BCUT2D eigenvalue weighted by molar-refractivity contribution is 4.64. The minimum Gasteiger partial charge on any atom is -0.392 e. The van der Waals surface area contributed by atoms with Gasteiger partial charge in [0.1, 0.15) is 0 Å². The van der Waals surface area contributed by atoms with Gasteiger partial charge < -0.3 is 5.11 Å². The van der Waals surface area contributed by atoms with Gasteiger partial charge in [0.05, 0.1) is 6.10 Å². The van der Waals surface area contributed by atoms with Crippen LogP contribution in [0.2, 0.25) is 0 Å². The number of nitrogens with two attached hydrogens (primary N) is 1. The topological polar surface area (TPSA) is 49.5 Å². The molecule has 3 nitrogen and oxygen atoms in total. The smallest absolute Gasteiger partial charge is 0.0681 e. The summed E-state index contributed by atoms with van der Waals surface area (Å²) in [5.74, 6) is 5.50. The van der Waals surface area contributed by atoms with E-state index in [0.29, 0.717) is 6.54 Å². The van der Waals surface area contributed by atoms with Crippen molar-refractivity contribution in [1.82, 2.24) is 5.01 Å². The molecule has 1 fully saturated rings. The third kappa shape index (κ3) is 2.30. The minimum absolute atomic E-state index is 0.197. The third-order valence-corrected chi connectivity index (χ3v) is 1.68. The van der Waals surface area contributed by atoms with Gasteiger partial charge in [-0.3, -0.25) is 5.84 Å². The zero-order valence-electron chi connectivity index (χ0n) is 5.58. The molecule has 1 rings (SSSR count). The molecule has 0 radical (unpaired) electrons. The first kappa shape index (κ1) is 6.99. The summed E-state index contributed by atoms with van der Waals surface area (Å²) in [5.41, 5.74) is 0. The molecule has 0 amide bonds. The highest BCUT2D eigenvalue weighted by Gasteiger charge is 2.11. The van der Waals surface area contributed by atoms with E-state index in [4.69, 9.17) is 10.9 Å². The average molecular weight is 130 g/mol. The zero-order chi connectivity index (χ0) is 6.69. The van der Waals surface area contributed by atoms with Gasteiger partial charge in [0.2, 0.25) is 0 Å². The fraction of sp³-hybridized carbons (Fsp3) is 1.00. The molecule has 1 heterocycles. The second kappa shape index (κ2) is 3.15. The van der Waals surface area contributed by atoms with E-state index in [-0.39, 0.29) is 6.10 Å². The van der Waals surface area contributed by atoms with Gasteiger partial charge in [-0.05, 0) is 19.3 Å². The van der Waals surface area contributed by atoms with Crippen molar-refractivity contribution < 1.29 is 5.11 Å². The summed E-state index contributed by atoms with van der Waals surface area (Å²) in [6.45, 7) is 1.57. The second-order valence-corrected chi connectivity index (χ2v) is 2.64. The molecule has 9 heavy (non-hydrogen) atoms. The van der Waals surface area contributed by atoms with Gasteiger partial charge in [0.25, 0.3) is 0 Å². The van der Waals surface area contributed by atoms with Crippen molar-refractivity contribution in [2.75, 3.05) is 13.1 Å². The van der Waals surface area contributed by atoms with Crippen LogP contribution in [0.15, 0.2) is 0 Å². The number of β-amino-alcohol motifs (C(OH)–C–C–N with tert-alkyl or cyclic N) is 1. The molecule has 54 valence electrons. The quantitative estimate of drug-likeness (QED) is 0.443. The molecule has 3 heteroatoms. The molecule has 0 aliphatic carbocycles. The van der Waals surface area contributed by atoms with Crippen LogP contribution in [0.25, 0.3) is 0 Å². The number of rotatable bonds is 0. The molecular formula is C6H14N2O. The van der Waals surface area contributed by atoms with Crippen LogP contribution >= 0.6 is 0 Å². The molecule has 1 atom stereocenters. The zero-order valence-corrected chi connectivity index (χ0v) is 5.58. The number of hydrazine groups is 1. The van der Waals surface area contributed by atoms with Crippen LogP contribution < -0.4 is 5.84 Å². The third-order valence-electron chi connectivity index (χ3n) is 1.68. The Morgan fingerprint density at radius 1 is 1.44 bits per heavy atom. The molecule has 0 bridgehead atoms. The summed E-state index contributed by atoms with van der Waals surface area (Å²) in [4.78, 5) is 0. The van der Waals surface area contributed by atoms with Gasteiger partial charge >= 0.3 is 0 Å². The first-order valence-electron chi connectivity index (χ1n) is 3.47. The van der Waals surface area contributed by atoms with Gasteiger partial charge in [-0.2, -0.15) is 0 Å². The van der Waals surface area contributed by atoms with Crippen LogP contribution in [-0.2, 0) is 0 Å². The van der Waals surface area contributed by atoms with Crippen molar-refractivity contribution >= 4 is 0 Å². The molecule has 0 saturated carbocycles. The number of hydrogen-bond acceptors (Lipinski definition) is 3.